The number of ether oxygens (including phenoxy) is 1. The molecular weight excluding hydrogens is 457 g/mol. The first kappa shape index (κ1) is 22.4. The molecule has 0 spiro atoms. The number of sulfonamides is 1. The summed E-state index contributed by atoms with van der Waals surface area (Å²) < 4.78 is 74.5. The Hall–Kier alpha value is -1.82. The first-order valence-corrected chi connectivity index (χ1v) is 11.6. The van der Waals surface area contributed by atoms with Crippen LogP contribution >= 0.6 is 11.6 Å². The highest BCUT2D eigenvalue weighted by Gasteiger charge is 2.45. The lowest BCUT2D eigenvalue weighted by Gasteiger charge is -2.25. The molecule has 7 nitrogen and oxygen atoms in total. The van der Waals surface area contributed by atoms with E-state index in [2.05, 4.69) is 10.3 Å². The summed E-state index contributed by atoms with van der Waals surface area (Å²) in [7, 11) is -2.16. The number of nitrogens with one attached hydrogen (secondary N) is 1. The molecule has 2 fully saturated rings. The lowest BCUT2D eigenvalue weighted by atomic mass is 9.94. The maximum Gasteiger partial charge on any atom is 0.417 e. The molecule has 2 aliphatic rings. The van der Waals surface area contributed by atoms with E-state index in [-0.39, 0.29) is 40.8 Å². The van der Waals surface area contributed by atoms with Crippen molar-refractivity contribution in [3.63, 3.8) is 0 Å². The molecule has 0 amide bonds. The zero-order chi connectivity index (χ0) is 22.4. The van der Waals surface area contributed by atoms with Crippen molar-refractivity contribution in [3.8, 4) is 0 Å². The molecule has 1 N–H and O–H groups in total. The van der Waals surface area contributed by atoms with Crippen molar-refractivity contribution < 1.29 is 26.3 Å². The number of aryl methyl sites for hydroxylation is 1. The number of aromatic nitrogens is 2. The van der Waals surface area contributed by atoms with Crippen LogP contribution < -0.4 is 5.32 Å². The summed E-state index contributed by atoms with van der Waals surface area (Å²) in [5.74, 6) is -0.217. The molecule has 2 saturated heterocycles. The van der Waals surface area contributed by atoms with Gasteiger partial charge in [-0.1, -0.05) is 11.6 Å². The van der Waals surface area contributed by atoms with Crippen molar-refractivity contribution in [1.82, 2.24) is 13.9 Å². The van der Waals surface area contributed by atoms with Crippen LogP contribution in [-0.2, 0) is 28.0 Å². The van der Waals surface area contributed by atoms with Gasteiger partial charge < -0.3 is 14.6 Å². The summed E-state index contributed by atoms with van der Waals surface area (Å²) in [6.45, 7) is 0.869. The average molecular weight is 479 g/mol. The van der Waals surface area contributed by atoms with Gasteiger partial charge in [0.1, 0.15) is 0 Å². The van der Waals surface area contributed by atoms with Crippen molar-refractivity contribution in [1.29, 1.82) is 0 Å². The molecule has 4 rings (SSSR count). The minimum absolute atomic E-state index is 0.0624. The third-order valence-electron chi connectivity index (χ3n) is 5.68. The molecule has 31 heavy (non-hydrogen) atoms. The quantitative estimate of drug-likeness (QED) is 0.713. The summed E-state index contributed by atoms with van der Waals surface area (Å²) in [5, 5.41) is 2.64. The minimum atomic E-state index is -4.59. The van der Waals surface area contributed by atoms with Crippen LogP contribution in [0.4, 0.5) is 18.9 Å². The van der Waals surface area contributed by atoms with Crippen molar-refractivity contribution in [2.75, 3.05) is 25.0 Å². The van der Waals surface area contributed by atoms with Crippen LogP contribution in [0.3, 0.4) is 0 Å². The standard InChI is InChI=1S/C19H22ClF3N4O3S/c1-26-10-18(24-11-26)31(28,29)27-8-13(17-3-2-6-30-17)16(9-27)25-12-4-5-15(20)14(7-12)19(21,22)23/h4-5,7,10-11,13,16-17,25H,2-3,6,8-9H2,1H3/t13-,16-,17?/m0/s1. The number of imidazole rings is 1. The molecule has 2 aromatic rings. The van der Waals surface area contributed by atoms with E-state index in [1.54, 1.807) is 11.6 Å². The molecule has 0 radical (unpaired) electrons. The van der Waals surface area contributed by atoms with Crippen molar-refractivity contribution in [2.45, 2.75) is 36.2 Å². The van der Waals surface area contributed by atoms with E-state index in [4.69, 9.17) is 16.3 Å². The van der Waals surface area contributed by atoms with E-state index in [0.717, 1.165) is 18.9 Å². The van der Waals surface area contributed by atoms with Crippen LogP contribution in [0, 0.1) is 5.92 Å². The highest BCUT2D eigenvalue weighted by atomic mass is 35.5. The molecule has 1 unspecified atom stereocenters. The summed E-state index contributed by atoms with van der Waals surface area (Å²) in [6, 6.07) is 3.17. The number of hydrogen-bond donors (Lipinski definition) is 1. The molecule has 3 atom stereocenters. The van der Waals surface area contributed by atoms with Gasteiger partial charge in [-0.3, -0.25) is 0 Å². The molecule has 170 valence electrons. The first-order valence-electron chi connectivity index (χ1n) is 9.79. The maximum absolute atomic E-state index is 13.2. The van der Waals surface area contributed by atoms with E-state index in [1.165, 1.54) is 29.0 Å². The fourth-order valence-electron chi connectivity index (χ4n) is 4.16. The van der Waals surface area contributed by atoms with E-state index >= 15 is 0 Å². The number of nitrogens with zero attached hydrogens (tertiary/aromatic N) is 3. The number of halogens is 4. The lowest BCUT2D eigenvalue weighted by molar-refractivity contribution is -0.137. The predicted molar refractivity (Wildman–Crippen MR) is 108 cm³/mol. The average Bonchev–Trinajstić information content (AvgIpc) is 3.42. The Balaban J connectivity index is 1.61. The topological polar surface area (TPSA) is 76.5 Å². The van der Waals surface area contributed by atoms with Crippen molar-refractivity contribution in [2.24, 2.45) is 13.0 Å². The molecule has 1 aromatic carbocycles. The fraction of sp³-hybridized carbons (Fsp3) is 0.526. The fourth-order valence-corrected chi connectivity index (χ4v) is 5.85. The Morgan fingerprint density at radius 2 is 2.06 bits per heavy atom. The molecule has 12 heteroatoms. The highest BCUT2D eigenvalue weighted by molar-refractivity contribution is 7.89. The third kappa shape index (κ3) is 4.55. The normalized spacial score (nSPS) is 25.3. The molecule has 0 saturated carbocycles. The highest BCUT2D eigenvalue weighted by Crippen LogP contribution is 2.38. The van der Waals surface area contributed by atoms with Gasteiger partial charge in [-0.15, -0.1) is 0 Å². The number of alkyl halides is 3. The molecule has 0 bridgehead atoms. The van der Waals surface area contributed by atoms with Crippen LogP contribution in [0.15, 0.2) is 35.7 Å². The SMILES string of the molecule is Cn1cnc(S(=O)(=O)N2C[C@H](Nc3ccc(Cl)c(C(F)(F)F)c3)[C@@H](C3CCCO3)C2)c1. The number of rotatable bonds is 5. The second kappa shape index (κ2) is 8.27. The Bertz CT molecular complexity index is 1050. The van der Waals surface area contributed by atoms with E-state index in [9.17, 15) is 21.6 Å². The van der Waals surface area contributed by atoms with Gasteiger partial charge in [0.25, 0.3) is 10.0 Å². The van der Waals surface area contributed by atoms with Crippen LogP contribution in [0.25, 0.3) is 0 Å². The maximum atomic E-state index is 13.2. The zero-order valence-corrected chi connectivity index (χ0v) is 18.2. The van der Waals surface area contributed by atoms with Crippen LogP contribution in [0.5, 0.6) is 0 Å². The zero-order valence-electron chi connectivity index (χ0n) is 16.6. The summed E-state index contributed by atoms with van der Waals surface area (Å²) in [6.07, 6.45) is -0.299. The van der Waals surface area contributed by atoms with Gasteiger partial charge in [-0.25, -0.2) is 13.4 Å². The number of hydrogen-bond acceptors (Lipinski definition) is 5. The van der Waals surface area contributed by atoms with Gasteiger partial charge in [0.05, 0.1) is 23.0 Å². The van der Waals surface area contributed by atoms with E-state index in [0.29, 0.717) is 6.61 Å². The van der Waals surface area contributed by atoms with E-state index in [1.807, 2.05) is 0 Å². The molecule has 2 aliphatic heterocycles. The summed E-state index contributed by atoms with van der Waals surface area (Å²) in [5.41, 5.74) is -0.717. The summed E-state index contributed by atoms with van der Waals surface area (Å²) >= 11 is 5.72. The van der Waals surface area contributed by atoms with Crippen molar-refractivity contribution >= 4 is 27.3 Å². The third-order valence-corrected chi connectivity index (χ3v) is 7.73. The Morgan fingerprint density at radius 3 is 2.68 bits per heavy atom. The van der Waals surface area contributed by atoms with Crippen LogP contribution in [0.2, 0.25) is 5.02 Å². The van der Waals surface area contributed by atoms with Crippen molar-refractivity contribution in [3.05, 3.63) is 41.3 Å². The molecular formula is C19H22ClF3N4O3S. The van der Waals surface area contributed by atoms with E-state index < -0.39 is 27.8 Å². The van der Waals surface area contributed by atoms with Gasteiger partial charge >= 0.3 is 6.18 Å². The Labute approximate surface area is 183 Å². The Kier molecular flexibility index (Phi) is 5.97. The van der Waals surface area contributed by atoms with Crippen LogP contribution in [-0.4, -0.2) is 54.1 Å². The van der Waals surface area contributed by atoms with Gasteiger partial charge in [0, 0.05) is 50.6 Å². The molecule has 1 aromatic heterocycles. The van der Waals surface area contributed by atoms with Gasteiger partial charge in [0.15, 0.2) is 5.03 Å². The second-order valence-electron chi connectivity index (χ2n) is 7.86. The lowest BCUT2D eigenvalue weighted by Crippen LogP contribution is -2.35. The number of benzene rings is 1. The van der Waals surface area contributed by atoms with Gasteiger partial charge in [0.2, 0.25) is 0 Å². The number of anilines is 1. The van der Waals surface area contributed by atoms with Gasteiger partial charge in [-0.05, 0) is 31.0 Å². The Morgan fingerprint density at radius 1 is 1.29 bits per heavy atom. The first-order chi connectivity index (χ1) is 14.6. The second-order valence-corrected chi connectivity index (χ2v) is 10.1. The largest absolute Gasteiger partial charge is 0.417 e. The predicted octanol–water partition coefficient (Wildman–Crippen LogP) is 3.37. The monoisotopic (exact) mass is 478 g/mol. The van der Waals surface area contributed by atoms with Gasteiger partial charge in [-0.2, -0.15) is 17.5 Å². The minimum Gasteiger partial charge on any atom is -0.381 e. The molecule has 3 heterocycles. The smallest absolute Gasteiger partial charge is 0.381 e. The van der Waals surface area contributed by atoms with Crippen LogP contribution in [0.1, 0.15) is 18.4 Å². The summed E-state index contributed by atoms with van der Waals surface area (Å²) in [4.78, 5) is 3.95. The molecule has 0 aliphatic carbocycles.